The lowest BCUT2D eigenvalue weighted by molar-refractivity contribution is 0.308. The highest BCUT2D eigenvalue weighted by Crippen LogP contribution is 2.37. The molecule has 0 atom stereocenters. The summed E-state index contributed by atoms with van der Waals surface area (Å²) in [7, 11) is 0. The molecule has 1 heteroatoms. The van der Waals surface area contributed by atoms with Crippen LogP contribution in [-0.4, -0.2) is 0 Å². The van der Waals surface area contributed by atoms with Crippen LogP contribution in [0.25, 0.3) is 0 Å². The molecule has 1 fully saturated rings. The fourth-order valence-electron chi connectivity index (χ4n) is 3.23. The average molecular weight is 272 g/mol. The summed E-state index contributed by atoms with van der Waals surface area (Å²) in [6.45, 7) is 4.41. The van der Waals surface area contributed by atoms with E-state index in [1.165, 1.54) is 44.1 Å². The minimum Gasteiger partial charge on any atom is -0.465 e. The highest BCUT2D eigenvalue weighted by Gasteiger charge is 2.21. The molecule has 0 amide bonds. The Bertz CT molecular complexity index is 396. The Hall–Kier alpha value is -1.24. The van der Waals surface area contributed by atoms with Crippen molar-refractivity contribution in [2.75, 3.05) is 0 Å². The van der Waals surface area contributed by atoms with Crippen LogP contribution in [0.2, 0.25) is 0 Å². The molecule has 0 saturated heterocycles. The third kappa shape index (κ3) is 4.40. The number of hydrogen-bond donors (Lipinski definition) is 0. The molecule has 0 spiro atoms. The van der Waals surface area contributed by atoms with Crippen LogP contribution in [0.15, 0.2) is 36.6 Å². The summed E-state index contributed by atoms with van der Waals surface area (Å²) in [5.74, 6) is 2.69. The van der Waals surface area contributed by atoms with Crippen LogP contribution in [-0.2, 0) is 0 Å². The number of ether oxygens (including phenoxy) is 1. The first-order valence-electron chi connectivity index (χ1n) is 8.25. The van der Waals surface area contributed by atoms with Gasteiger partial charge < -0.3 is 4.74 Å². The van der Waals surface area contributed by atoms with Crippen LogP contribution in [0.4, 0.5) is 0 Å². The lowest BCUT2D eigenvalue weighted by atomic mass is 9.77. The van der Waals surface area contributed by atoms with Gasteiger partial charge in [0.15, 0.2) is 0 Å². The van der Waals surface area contributed by atoms with Crippen LogP contribution in [0.1, 0.15) is 70.3 Å². The molecule has 1 aliphatic carbocycles. The molecule has 1 saturated carbocycles. The maximum Gasteiger partial charge on any atom is 0.126 e. The topological polar surface area (TPSA) is 9.23 Å². The molecule has 1 aromatic carbocycles. The van der Waals surface area contributed by atoms with Gasteiger partial charge in [-0.05, 0) is 67.7 Å². The van der Waals surface area contributed by atoms with Crippen molar-refractivity contribution in [3.05, 3.63) is 42.2 Å². The van der Waals surface area contributed by atoms with E-state index >= 15 is 0 Å². The Morgan fingerprint density at radius 3 is 2.35 bits per heavy atom. The molecule has 110 valence electrons. The third-order valence-corrected chi connectivity index (χ3v) is 4.43. The summed E-state index contributed by atoms with van der Waals surface area (Å²) >= 11 is 0. The third-order valence-electron chi connectivity index (χ3n) is 4.43. The molecule has 1 aromatic rings. The van der Waals surface area contributed by atoms with Crippen molar-refractivity contribution in [1.82, 2.24) is 0 Å². The molecule has 0 heterocycles. The lowest BCUT2D eigenvalue weighted by Gasteiger charge is -2.28. The van der Waals surface area contributed by atoms with E-state index < -0.39 is 0 Å². The minimum absolute atomic E-state index is 0.767. The number of rotatable bonds is 6. The fraction of sp³-hybridized carbons (Fsp3) is 0.579. The van der Waals surface area contributed by atoms with E-state index in [1.807, 2.05) is 6.08 Å². The van der Waals surface area contributed by atoms with Gasteiger partial charge in [-0.25, -0.2) is 0 Å². The summed E-state index contributed by atoms with van der Waals surface area (Å²) < 4.78 is 5.56. The van der Waals surface area contributed by atoms with Crippen molar-refractivity contribution in [1.29, 1.82) is 0 Å². The standard InChI is InChI=1S/C19H28O/c1-3-5-15-20-19-13-11-18(12-14-19)17-9-7-16(6-4-2)8-10-17/h5,11-17H,3-4,6-10H2,1-2H3/b15-5+. The second-order valence-corrected chi connectivity index (χ2v) is 5.97. The van der Waals surface area contributed by atoms with E-state index in [-0.39, 0.29) is 0 Å². The zero-order valence-corrected chi connectivity index (χ0v) is 13.0. The Morgan fingerprint density at radius 2 is 1.75 bits per heavy atom. The van der Waals surface area contributed by atoms with Crippen molar-refractivity contribution in [2.24, 2.45) is 5.92 Å². The zero-order chi connectivity index (χ0) is 14.2. The Labute approximate surface area is 124 Å². The second kappa shape index (κ2) is 8.14. The van der Waals surface area contributed by atoms with Crippen molar-refractivity contribution in [3.8, 4) is 5.75 Å². The molecular weight excluding hydrogens is 244 g/mol. The molecule has 0 radical (unpaired) electrons. The van der Waals surface area contributed by atoms with Gasteiger partial charge >= 0.3 is 0 Å². The molecule has 1 nitrogen and oxygen atoms in total. The number of hydrogen-bond acceptors (Lipinski definition) is 1. The van der Waals surface area contributed by atoms with E-state index in [0.717, 1.165) is 24.0 Å². The van der Waals surface area contributed by atoms with Crippen molar-refractivity contribution in [3.63, 3.8) is 0 Å². The highest BCUT2D eigenvalue weighted by molar-refractivity contribution is 5.30. The van der Waals surface area contributed by atoms with Gasteiger partial charge in [0.1, 0.15) is 5.75 Å². The van der Waals surface area contributed by atoms with Crippen LogP contribution in [0.5, 0.6) is 5.75 Å². The second-order valence-electron chi connectivity index (χ2n) is 5.97. The predicted octanol–water partition coefficient (Wildman–Crippen LogP) is 6.06. The SMILES string of the molecule is CC/C=C/Oc1ccc(C2CCC(CCC)CC2)cc1. The molecule has 0 N–H and O–H groups in total. The monoisotopic (exact) mass is 272 g/mol. The first-order valence-corrected chi connectivity index (χ1v) is 8.25. The summed E-state index contributed by atoms with van der Waals surface area (Å²) in [4.78, 5) is 0. The summed E-state index contributed by atoms with van der Waals surface area (Å²) in [6, 6.07) is 8.71. The molecule has 0 unspecified atom stereocenters. The Balaban J connectivity index is 1.86. The first kappa shape index (κ1) is 15.2. The number of allylic oxidation sites excluding steroid dienone is 1. The molecule has 1 aliphatic rings. The first-order chi connectivity index (χ1) is 9.83. The quantitative estimate of drug-likeness (QED) is 0.572. The predicted molar refractivity (Wildman–Crippen MR) is 86.1 cm³/mol. The molecule has 0 bridgehead atoms. The van der Waals surface area contributed by atoms with E-state index in [2.05, 4.69) is 38.1 Å². The summed E-state index contributed by atoms with van der Waals surface area (Å²) in [5.41, 5.74) is 1.49. The van der Waals surface area contributed by atoms with E-state index in [1.54, 1.807) is 6.26 Å². The van der Waals surface area contributed by atoms with Gasteiger partial charge in [0.2, 0.25) is 0 Å². The largest absolute Gasteiger partial charge is 0.465 e. The van der Waals surface area contributed by atoms with Gasteiger partial charge in [-0.3, -0.25) is 0 Å². The van der Waals surface area contributed by atoms with E-state index in [4.69, 9.17) is 4.74 Å². The van der Waals surface area contributed by atoms with Gasteiger partial charge in [-0.1, -0.05) is 38.8 Å². The maximum atomic E-state index is 5.56. The molecular formula is C19H28O. The fourth-order valence-corrected chi connectivity index (χ4v) is 3.23. The lowest BCUT2D eigenvalue weighted by Crippen LogP contribution is -2.13. The van der Waals surface area contributed by atoms with Gasteiger partial charge in [0, 0.05) is 0 Å². The van der Waals surface area contributed by atoms with Gasteiger partial charge in [-0.15, -0.1) is 0 Å². The number of benzene rings is 1. The van der Waals surface area contributed by atoms with Crippen molar-refractivity contribution in [2.45, 2.75) is 64.7 Å². The van der Waals surface area contributed by atoms with Crippen molar-refractivity contribution >= 4 is 0 Å². The van der Waals surface area contributed by atoms with Crippen molar-refractivity contribution < 1.29 is 4.74 Å². The summed E-state index contributed by atoms with van der Waals surface area (Å²) in [5, 5.41) is 0. The van der Waals surface area contributed by atoms with Crippen LogP contribution < -0.4 is 4.74 Å². The Kier molecular flexibility index (Phi) is 6.17. The Morgan fingerprint density at radius 1 is 1.05 bits per heavy atom. The maximum absolute atomic E-state index is 5.56. The average Bonchev–Trinajstić information content (AvgIpc) is 2.49. The molecule has 0 aliphatic heterocycles. The normalized spacial score (nSPS) is 23.1. The molecule has 20 heavy (non-hydrogen) atoms. The van der Waals surface area contributed by atoms with Crippen LogP contribution >= 0.6 is 0 Å². The summed E-state index contributed by atoms with van der Waals surface area (Å²) in [6.07, 6.45) is 13.1. The van der Waals surface area contributed by atoms with Gasteiger partial charge in [-0.2, -0.15) is 0 Å². The van der Waals surface area contributed by atoms with E-state index in [0.29, 0.717) is 0 Å². The highest BCUT2D eigenvalue weighted by atomic mass is 16.5. The molecule has 2 rings (SSSR count). The van der Waals surface area contributed by atoms with Gasteiger partial charge in [0.05, 0.1) is 6.26 Å². The van der Waals surface area contributed by atoms with Gasteiger partial charge in [0.25, 0.3) is 0 Å². The van der Waals surface area contributed by atoms with Crippen LogP contribution in [0, 0.1) is 5.92 Å². The van der Waals surface area contributed by atoms with Crippen LogP contribution in [0.3, 0.4) is 0 Å². The molecule has 0 aromatic heterocycles. The minimum atomic E-state index is 0.767. The van der Waals surface area contributed by atoms with E-state index in [9.17, 15) is 0 Å². The zero-order valence-electron chi connectivity index (χ0n) is 13.0. The smallest absolute Gasteiger partial charge is 0.126 e.